The molecule has 2 aromatic rings. The van der Waals surface area contributed by atoms with E-state index in [1.807, 2.05) is 18.2 Å². The van der Waals surface area contributed by atoms with Gasteiger partial charge in [0.25, 0.3) is 0 Å². The molecule has 17 heavy (non-hydrogen) atoms. The third kappa shape index (κ3) is 2.55. The number of unbranched alkanes of at least 4 members (excludes halogenated alkanes) is 1. The van der Waals surface area contributed by atoms with Crippen LogP contribution in [-0.2, 0) is 0 Å². The average molecular weight is 231 g/mol. The monoisotopic (exact) mass is 231 g/mol. The van der Waals surface area contributed by atoms with Gasteiger partial charge in [0.15, 0.2) is 0 Å². The molecule has 0 spiro atoms. The number of nitrogen functional groups attached to an aromatic ring is 2. The summed E-state index contributed by atoms with van der Waals surface area (Å²) in [6, 6.07) is 5.53. The largest absolute Gasteiger partial charge is 0.399 e. The van der Waals surface area contributed by atoms with E-state index in [1.165, 1.54) is 0 Å². The van der Waals surface area contributed by atoms with Crippen molar-refractivity contribution in [1.82, 2.24) is 9.97 Å². The number of rotatable bonds is 4. The molecule has 0 atom stereocenters. The summed E-state index contributed by atoms with van der Waals surface area (Å²) in [6.45, 7) is 3.02. The standard InChI is InChI=1S/C12H17N5/c1-2-3-6-15-11-9-7-8(13)4-5-10(9)16-12(14)17-11/h4-5,7H,2-3,6,13H2,1H3,(H3,14,15,16,17). The first-order valence-electron chi connectivity index (χ1n) is 5.77. The van der Waals surface area contributed by atoms with E-state index in [1.54, 1.807) is 0 Å². The zero-order chi connectivity index (χ0) is 12.3. The Hall–Kier alpha value is -2.04. The number of aromatic nitrogens is 2. The van der Waals surface area contributed by atoms with Gasteiger partial charge >= 0.3 is 0 Å². The van der Waals surface area contributed by atoms with Crippen molar-refractivity contribution in [3.05, 3.63) is 18.2 Å². The van der Waals surface area contributed by atoms with E-state index in [0.29, 0.717) is 5.69 Å². The van der Waals surface area contributed by atoms with E-state index in [-0.39, 0.29) is 5.95 Å². The van der Waals surface area contributed by atoms with Gasteiger partial charge in [0.1, 0.15) is 5.82 Å². The van der Waals surface area contributed by atoms with E-state index in [0.717, 1.165) is 36.1 Å². The van der Waals surface area contributed by atoms with Crippen molar-refractivity contribution in [3.8, 4) is 0 Å². The number of fused-ring (bicyclic) bond motifs is 1. The summed E-state index contributed by atoms with van der Waals surface area (Å²) in [6.07, 6.45) is 2.22. The summed E-state index contributed by atoms with van der Waals surface area (Å²) in [5, 5.41) is 4.18. The van der Waals surface area contributed by atoms with Crippen molar-refractivity contribution in [2.24, 2.45) is 0 Å². The van der Waals surface area contributed by atoms with Gasteiger partial charge < -0.3 is 16.8 Å². The summed E-state index contributed by atoms with van der Waals surface area (Å²) in [4.78, 5) is 8.39. The number of nitrogens with one attached hydrogen (secondary N) is 1. The summed E-state index contributed by atoms with van der Waals surface area (Å²) in [5.41, 5.74) is 13.0. The van der Waals surface area contributed by atoms with Gasteiger partial charge in [-0.2, -0.15) is 4.98 Å². The molecule has 5 heteroatoms. The SMILES string of the molecule is CCCCNc1nc(N)nc2ccc(N)cc12. The molecule has 0 saturated carbocycles. The van der Waals surface area contributed by atoms with Gasteiger partial charge in [-0.1, -0.05) is 13.3 Å². The van der Waals surface area contributed by atoms with Crippen LogP contribution in [0.15, 0.2) is 18.2 Å². The molecular weight excluding hydrogens is 214 g/mol. The zero-order valence-electron chi connectivity index (χ0n) is 9.90. The number of hydrogen-bond donors (Lipinski definition) is 3. The quantitative estimate of drug-likeness (QED) is 0.553. The maximum atomic E-state index is 5.77. The molecule has 1 aromatic carbocycles. The van der Waals surface area contributed by atoms with Crippen LogP contribution in [0.25, 0.3) is 10.9 Å². The molecule has 0 aliphatic heterocycles. The second-order valence-electron chi connectivity index (χ2n) is 3.99. The van der Waals surface area contributed by atoms with Crippen molar-refractivity contribution < 1.29 is 0 Å². The highest BCUT2D eigenvalue weighted by atomic mass is 15.1. The molecule has 1 aromatic heterocycles. The maximum absolute atomic E-state index is 5.77. The van der Waals surface area contributed by atoms with E-state index in [4.69, 9.17) is 11.5 Å². The van der Waals surface area contributed by atoms with Crippen LogP contribution in [0.3, 0.4) is 0 Å². The van der Waals surface area contributed by atoms with Crippen LogP contribution >= 0.6 is 0 Å². The molecule has 0 amide bonds. The molecule has 0 radical (unpaired) electrons. The Balaban J connectivity index is 2.40. The van der Waals surface area contributed by atoms with Crippen molar-refractivity contribution in [3.63, 3.8) is 0 Å². The second kappa shape index (κ2) is 4.86. The van der Waals surface area contributed by atoms with E-state index in [9.17, 15) is 0 Å². The lowest BCUT2D eigenvalue weighted by Gasteiger charge is -2.09. The Morgan fingerprint density at radius 1 is 1.24 bits per heavy atom. The fourth-order valence-corrected chi connectivity index (χ4v) is 1.68. The first kappa shape index (κ1) is 11.4. The van der Waals surface area contributed by atoms with E-state index < -0.39 is 0 Å². The normalized spacial score (nSPS) is 10.6. The Morgan fingerprint density at radius 2 is 2.06 bits per heavy atom. The molecule has 0 aliphatic carbocycles. The number of hydrogen-bond acceptors (Lipinski definition) is 5. The molecule has 0 unspecified atom stereocenters. The van der Waals surface area contributed by atoms with Gasteiger partial charge in [0.05, 0.1) is 5.52 Å². The second-order valence-corrected chi connectivity index (χ2v) is 3.99. The molecule has 0 bridgehead atoms. The minimum atomic E-state index is 0.279. The van der Waals surface area contributed by atoms with E-state index in [2.05, 4.69) is 22.2 Å². The number of nitrogens with two attached hydrogens (primary N) is 2. The third-order valence-electron chi connectivity index (χ3n) is 2.56. The number of nitrogens with zero attached hydrogens (tertiary/aromatic N) is 2. The van der Waals surface area contributed by atoms with Crippen molar-refractivity contribution in [1.29, 1.82) is 0 Å². The fraction of sp³-hybridized carbons (Fsp3) is 0.333. The molecule has 0 aliphatic rings. The van der Waals surface area contributed by atoms with Gasteiger partial charge in [0.2, 0.25) is 5.95 Å². The smallest absolute Gasteiger partial charge is 0.222 e. The summed E-state index contributed by atoms with van der Waals surface area (Å²) in [7, 11) is 0. The van der Waals surface area contributed by atoms with Crippen molar-refractivity contribution in [2.45, 2.75) is 19.8 Å². The Morgan fingerprint density at radius 3 is 2.82 bits per heavy atom. The average Bonchev–Trinajstić information content (AvgIpc) is 2.30. The van der Waals surface area contributed by atoms with Gasteiger partial charge in [0, 0.05) is 17.6 Å². The predicted octanol–water partition coefficient (Wildman–Crippen LogP) is 2.01. The molecule has 5 N–H and O–H groups in total. The first-order chi connectivity index (χ1) is 8.20. The number of benzene rings is 1. The van der Waals surface area contributed by atoms with Gasteiger partial charge in [-0.3, -0.25) is 0 Å². The third-order valence-corrected chi connectivity index (χ3v) is 2.56. The lowest BCUT2D eigenvalue weighted by molar-refractivity contribution is 0.832. The molecule has 90 valence electrons. The molecule has 0 saturated heterocycles. The summed E-state index contributed by atoms with van der Waals surface area (Å²) in [5.74, 6) is 1.04. The van der Waals surface area contributed by atoms with Gasteiger partial charge in [-0.05, 0) is 24.6 Å². The van der Waals surface area contributed by atoms with Gasteiger partial charge in [-0.25, -0.2) is 4.98 Å². The van der Waals surface area contributed by atoms with Gasteiger partial charge in [-0.15, -0.1) is 0 Å². The van der Waals surface area contributed by atoms with Crippen molar-refractivity contribution >= 4 is 28.4 Å². The van der Waals surface area contributed by atoms with Crippen LogP contribution in [0.4, 0.5) is 17.5 Å². The maximum Gasteiger partial charge on any atom is 0.222 e. The topological polar surface area (TPSA) is 89.8 Å². The zero-order valence-corrected chi connectivity index (χ0v) is 9.90. The Kier molecular flexibility index (Phi) is 3.27. The molecule has 1 heterocycles. The highest BCUT2D eigenvalue weighted by molar-refractivity contribution is 5.92. The Labute approximate surface area is 100 Å². The van der Waals surface area contributed by atoms with Crippen LogP contribution in [0.5, 0.6) is 0 Å². The lowest BCUT2D eigenvalue weighted by atomic mass is 10.2. The molecule has 0 fully saturated rings. The Bertz CT molecular complexity index is 524. The first-order valence-corrected chi connectivity index (χ1v) is 5.77. The van der Waals surface area contributed by atoms with Crippen LogP contribution in [-0.4, -0.2) is 16.5 Å². The summed E-state index contributed by atoms with van der Waals surface area (Å²) >= 11 is 0. The molecule has 5 nitrogen and oxygen atoms in total. The highest BCUT2D eigenvalue weighted by Crippen LogP contribution is 2.23. The summed E-state index contributed by atoms with van der Waals surface area (Å²) < 4.78 is 0. The van der Waals surface area contributed by atoms with Crippen molar-refractivity contribution in [2.75, 3.05) is 23.3 Å². The van der Waals surface area contributed by atoms with Crippen LogP contribution in [0.1, 0.15) is 19.8 Å². The van der Waals surface area contributed by atoms with Crippen LogP contribution in [0, 0.1) is 0 Å². The lowest BCUT2D eigenvalue weighted by Crippen LogP contribution is -2.06. The number of anilines is 3. The van der Waals surface area contributed by atoms with Crippen LogP contribution in [0.2, 0.25) is 0 Å². The van der Waals surface area contributed by atoms with E-state index >= 15 is 0 Å². The minimum Gasteiger partial charge on any atom is -0.399 e. The molecule has 2 rings (SSSR count). The fourth-order valence-electron chi connectivity index (χ4n) is 1.68. The molecular formula is C12H17N5. The minimum absolute atomic E-state index is 0.279. The highest BCUT2D eigenvalue weighted by Gasteiger charge is 2.05. The van der Waals surface area contributed by atoms with Crippen LogP contribution < -0.4 is 16.8 Å². The predicted molar refractivity (Wildman–Crippen MR) is 71.8 cm³/mol.